The fourth-order valence-electron chi connectivity index (χ4n) is 5.86. The van der Waals surface area contributed by atoms with Crippen molar-refractivity contribution in [1.82, 2.24) is 4.90 Å². The zero-order valence-electron chi connectivity index (χ0n) is 18.9. The number of carbonyl (C=O) groups excluding carboxylic acids is 1. The van der Waals surface area contributed by atoms with Gasteiger partial charge in [-0.3, -0.25) is 9.69 Å². The molecule has 33 heavy (non-hydrogen) atoms. The molecule has 6 heteroatoms. The summed E-state index contributed by atoms with van der Waals surface area (Å²) in [5.41, 5.74) is 7.54. The molecule has 6 rings (SSSR count). The molecule has 2 fully saturated rings. The molecule has 168 valence electrons. The maximum absolute atomic E-state index is 13.7. The molecule has 2 saturated heterocycles. The van der Waals surface area contributed by atoms with Gasteiger partial charge in [0.25, 0.3) is 0 Å². The summed E-state index contributed by atoms with van der Waals surface area (Å²) in [7, 11) is 0. The second kappa shape index (κ2) is 7.53. The first-order valence-corrected chi connectivity index (χ1v) is 12.4. The Balaban J connectivity index is 1.36. The molecule has 0 N–H and O–H groups in total. The summed E-state index contributed by atoms with van der Waals surface area (Å²) < 4.78 is 6.35. The predicted molar refractivity (Wildman–Crippen MR) is 132 cm³/mol. The van der Waals surface area contributed by atoms with Gasteiger partial charge in [-0.05, 0) is 68.9 Å². The molecule has 0 atom stereocenters. The van der Waals surface area contributed by atoms with E-state index in [-0.39, 0.29) is 11.2 Å². The molecule has 2 aliphatic carbocycles. The van der Waals surface area contributed by atoms with Gasteiger partial charge in [-0.15, -0.1) is 0 Å². The zero-order chi connectivity index (χ0) is 22.9. The SMILES string of the molecule is CC1(C)C2=C(C(=O)c3cc(Br)c(N4CCN(C5COC5)CC4)cc31)c1ccc(C#N)cc1C2. The van der Waals surface area contributed by atoms with Crippen LogP contribution in [0.1, 0.15) is 46.5 Å². The Morgan fingerprint density at radius 3 is 2.52 bits per heavy atom. The van der Waals surface area contributed by atoms with Gasteiger partial charge in [-0.25, -0.2) is 0 Å². The van der Waals surface area contributed by atoms with Crippen molar-refractivity contribution in [3.05, 3.63) is 68.2 Å². The summed E-state index contributed by atoms with van der Waals surface area (Å²) in [5.74, 6) is 0.102. The van der Waals surface area contributed by atoms with Crippen LogP contribution in [0.15, 0.2) is 40.4 Å². The highest BCUT2D eigenvalue weighted by Crippen LogP contribution is 2.51. The van der Waals surface area contributed by atoms with Gasteiger partial charge in [0.05, 0.1) is 36.6 Å². The second-order valence-electron chi connectivity index (χ2n) is 10.0. The summed E-state index contributed by atoms with van der Waals surface area (Å²) in [6, 6.07) is 12.8. The van der Waals surface area contributed by atoms with Crippen LogP contribution in [0.3, 0.4) is 0 Å². The van der Waals surface area contributed by atoms with E-state index in [0.29, 0.717) is 11.6 Å². The molecule has 0 radical (unpaired) electrons. The molecule has 2 heterocycles. The van der Waals surface area contributed by atoms with Gasteiger partial charge in [0, 0.05) is 47.2 Å². The highest BCUT2D eigenvalue weighted by Gasteiger charge is 2.43. The molecule has 0 saturated carbocycles. The van der Waals surface area contributed by atoms with E-state index in [9.17, 15) is 10.1 Å². The predicted octanol–water partition coefficient (Wildman–Crippen LogP) is 4.33. The van der Waals surface area contributed by atoms with Gasteiger partial charge in [-0.1, -0.05) is 19.9 Å². The van der Waals surface area contributed by atoms with E-state index in [1.807, 2.05) is 24.3 Å². The van der Waals surface area contributed by atoms with Crippen molar-refractivity contribution in [2.75, 3.05) is 44.3 Å². The molecular weight excluding hydrogens is 478 g/mol. The maximum atomic E-state index is 13.7. The Morgan fingerprint density at radius 2 is 1.85 bits per heavy atom. The lowest BCUT2D eigenvalue weighted by molar-refractivity contribution is -0.0660. The number of hydrogen-bond acceptors (Lipinski definition) is 5. The number of halogens is 1. The topological polar surface area (TPSA) is 56.6 Å². The Bertz CT molecular complexity index is 1260. The zero-order valence-corrected chi connectivity index (χ0v) is 20.5. The van der Waals surface area contributed by atoms with Crippen molar-refractivity contribution in [2.45, 2.75) is 31.7 Å². The third kappa shape index (κ3) is 3.13. The van der Waals surface area contributed by atoms with Crippen LogP contribution in [0.5, 0.6) is 0 Å². The van der Waals surface area contributed by atoms with Crippen LogP contribution in [0.4, 0.5) is 5.69 Å². The largest absolute Gasteiger partial charge is 0.378 e. The number of allylic oxidation sites excluding steroid dienone is 2. The number of nitriles is 1. The third-order valence-electron chi connectivity index (χ3n) is 7.95. The minimum Gasteiger partial charge on any atom is -0.378 e. The van der Waals surface area contributed by atoms with Gasteiger partial charge in [-0.2, -0.15) is 5.26 Å². The molecule has 4 aliphatic rings. The smallest absolute Gasteiger partial charge is 0.193 e. The number of piperazine rings is 1. The number of Topliss-reactive ketones (excluding diaryl/α,β-unsaturated/α-hetero) is 1. The first kappa shape index (κ1) is 21.1. The fourth-order valence-corrected chi connectivity index (χ4v) is 6.45. The van der Waals surface area contributed by atoms with E-state index >= 15 is 0 Å². The number of fused-ring (bicyclic) bond motifs is 3. The molecule has 0 amide bonds. The lowest BCUT2D eigenvalue weighted by Gasteiger charge is -2.44. The van der Waals surface area contributed by atoms with E-state index in [0.717, 1.165) is 78.1 Å². The Morgan fingerprint density at radius 1 is 1.09 bits per heavy atom. The summed E-state index contributed by atoms with van der Waals surface area (Å²) >= 11 is 3.79. The van der Waals surface area contributed by atoms with Gasteiger partial charge >= 0.3 is 0 Å². The molecule has 2 aromatic rings. The number of ether oxygens (including phenoxy) is 1. The van der Waals surface area contributed by atoms with Gasteiger partial charge in [0.15, 0.2) is 5.78 Å². The highest BCUT2D eigenvalue weighted by atomic mass is 79.9. The molecule has 0 unspecified atom stereocenters. The Kier molecular flexibility index (Phi) is 4.81. The van der Waals surface area contributed by atoms with E-state index in [1.165, 1.54) is 11.3 Å². The first-order valence-electron chi connectivity index (χ1n) is 11.6. The summed E-state index contributed by atoms with van der Waals surface area (Å²) in [6.07, 6.45) is 0.728. The van der Waals surface area contributed by atoms with Gasteiger partial charge in [0.2, 0.25) is 0 Å². The number of anilines is 1. The van der Waals surface area contributed by atoms with Crippen LogP contribution in [0.25, 0.3) is 5.57 Å². The van der Waals surface area contributed by atoms with Crippen molar-refractivity contribution in [1.29, 1.82) is 5.26 Å². The van der Waals surface area contributed by atoms with Crippen LogP contribution < -0.4 is 4.90 Å². The van der Waals surface area contributed by atoms with Crippen molar-refractivity contribution in [3.8, 4) is 6.07 Å². The van der Waals surface area contributed by atoms with Crippen molar-refractivity contribution >= 4 is 33.0 Å². The van der Waals surface area contributed by atoms with Crippen LogP contribution in [0, 0.1) is 11.3 Å². The van der Waals surface area contributed by atoms with Crippen LogP contribution in [0.2, 0.25) is 0 Å². The van der Waals surface area contributed by atoms with Crippen molar-refractivity contribution in [3.63, 3.8) is 0 Å². The van der Waals surface area contributed by atoms with E-state index in [2.05, 4.69) is 51.7 Å². The molecule has 5 nitrogen and oxygen atoms in total. The normalized spacial score (nSPS) is 21.9. The van der Waals surface area contributed by atoms with E-state index in [1.54, 1.807) is 0 Å². The molecule has 2 aromatic carbocycles. The number of nitrogens with zero attached hydrogens (tertiary/aromatic N) is 3. The molecule has 2 aliphatic heterocycles. The Hall–Kier alpha value is -2.46. The number of hydrogen-bond donors (Lipinski definition) is 0. The first-order chi connectivity index (χ1) is 15.9. The summed E-state index contributed by atoms with van der Waals surface area (Å²) in [6.45, 7) is 10.2. The third-order valence-corrected chi connectivity index (χ3v) is 8.59. The van der Waals surface area contributed by atoms with Gasteiger partial charge in [0.1, 0.15) is 0 Å². The van der Waals surface area contributed by atoms with Crippen LogP contribution in [-0.4, -0.2) is 56.1 Å². The number of benzene rings is 2. The minimum absolute atomic E-state index is 0.102. The van der Waals surface area contributed by atoms with Gasteiger partial charge < -0.3 is 9.64 Å². The lowest BCUT2D eigenvalue weighted by atomic mass is 9.68. The average Bonchev–Trinajstić information content (AvgIpc) is 3.17. The van der Waals surface area contributed by atoms with Crippen molar-refractivity contribution < 1.29 is 9.53 Å². The average molecular weight is 504 g/mol. The van der Waals surface area contributed by atoms with Crippen LogP contribution >= 0.6 is 15.9 Å². The standard InChI is InChI=1S/C27H26BrN3O2/c1-27(2)21-12-24(31-7-5-30(6-8-31)18-14-33-15-18)23(28)11-20(21)26(32)25-19-4-3-16(13-29)9-17(19)10-22(25)27/h3-4,9,11-12,18H,5-8,10,14-15H2,1-2H3. The Labute approximate surface area is 202 Å². The minimum atomic E-state index is -0.259. The molecular formula is C27H26BrN3O2. The second-order valence-corrected chi connectivity index (χ2v) is 10.9. The van der Waals surface area contributed by atoms with Crippen molar-refractivity contribution in [2.24, 2.45) is 0 Å². The monoisotopic (exact) mass is 503 g/mol. The maximum Gasteiger partial charge on any atom is 0.193 e. The number of ketones is 1. The summed E-state index contributed by atoms with van der Waals surface area (Å²) in [5, 5.41) is 9.32. The number of carbonyl (C=O) groups is 1. The number of rotatable bonds is 2. The lowest BCUT2D eigenvalue weighted by Crippen LogP contribution is -2.56. The highest BCUT2D eigenvalue weighted by molar-refractivity contribution is 9.10. The van der Waals surface area contributed by atoms with E-state index < -0.39 is 0 Å². The fraction of sp³-hybridized carbons (Fsp3) is 0.407. The van der Waals surface area contributed by atoms with Crippen LogP contribution in [-0.2, 0) is 16.6 Å². The van der Waals surface area contributed by atoms with E-state index in [4.69, 9.17) is 4.74 Å². The molecule has 0 bridgehead atoms. The molecule has 0 spiro atoms. The molecule has 0 aromatic heterocycles. The summed E-state index contributed by atoms with van der Waals surface area (Å²) in [4.78, 5) is 18.7. The quantitative estimate of drug-likeness (QED) is 0.610.